The van der Waals surface area contributed by atoms with Crippen molar-refractivity contribution >= 4 is 33.1 Å². The summed E-state index contributed by atoms with van der Waals surface area (Å²) in [5, 5.41) is 13.8. The summed E-state index contributed by atoms with van der Waals surface area (Å²) in [7, 11) is 1.53. The monoisotopic (exact) mass is 328 g/mol. The molecule has 1 atom stereocenters. The molecule has 0 aliphatic carbocycles. The number of amides is 1. The van der Waals surface area contributed by atoms with Gasteiger partial charge in [0.05, 0.1) is 28.0 Å². The molecule has 1 heterocycles. The number of nitrogens with zero attached hydrogens (tertiary/aromatic N) is 1. The number of benzene rings is 2. The highest BCUT2D eigenvalue weighted by Gasteiger charge is 2.19. The number of aliphatic hydroxyl groups excluding tert-OH is 1. The van der Waals surface area contributed by atoms with Crippen LogP contribution in [0.5, 0.6) is 5.75 Å². The minimum atomic E-state index is -1.24. The van der Waals surface area contributed by atoms with Crippen LogP contribution >= 0.6 is 11.3 Å². The fourth-order valence-electron chi connectivity index (χ4n) is 2.32. The summed E-state index contributed by atoms with van der Waals surface area (Å²) in [5.74, 6) is 0.00602. The number of rotatable bonds is 4. The molecule has 1 aromatic heterocycles. The second-order valence-electron chi connectivity index (χ2n) is 5.06. The highest BCUT2D eigenvalue weighted by molar-refractivity contribution is 7.18. The molecule has 0 bridgehead atoms. The first-order valence-corrected chi connectivity index (χ1v) is 7.89. The molecular formula is C17H16N2O3S. The van der Waals surface area contributed by atoms with E-state index in [1.165, 1.54) is 18.4 Å². The summed E-state index contributed by atoms with van der Waals surface area (Å²) in [6.07, 6.45) is -1.24. The van der Waals surface area contributed by atoms with E-state index < -0.39 is 12.0 Å². The average Bonchev–Trinajstić information content (AvgIpc) is 2.93. The molecule has 118 valence electrons. The molecule has 0 saturated carbocycles. The van der Waals surface area contributed by atoms with E-state index in [9.17, 15) is 9.90 Å². The van der Waals surface area contributed by atoms with Crippen LogP contribution in [-0.4, -0.2) is 23.1 Å². The number of aryl methyl sites for hydroxylation is 1. The Labute approximate surface area is 137 Å². The van der Waals surface area contributed by atoms with Crippen LogP contribution in [0.15, 0.2) is 42.5 Å². The van der Waals surface area contributed by atoms with E-state index in [0.29, 0.717) is 17.0 Å². The number of ether oxygens (including phenoxy) is 1. The Bertz CT molecular complexity index is 846. The van der Waals surface area contributed by atoms with Crippen LogP contribution in [0, 0.1) is 6.92 Å². The Morgan fingerprint density at radius 3 is 2.74 bits per heavy atom. The van der Waals surface area contributed by atoms with Gasteiger partial charge < -0.3 is 15.2 Å². The third-order valence-electron chi connectivity index (χ3n) is 3.44. The van der Waals surface area contributed by atoms with Gasteiger partial charge in [-0.2, -0.15) is 0 Å². The van der Waals surface area contributed by atoms with Crippen LogP contribution in [0.3, 0.4) is 0 Å². The normalized spacial score (nSPS) is 12.1. The maximum atomic E-state index is 12.3. The number of carbonyl (C=O) groups excluding carboxylic acids is 1. The van der Waals surface area contributed by atoms with Gasteiger partial charge in [-0.1, -0.05) is 30.3 Å². The molecule has 3 rings (SSSR count). The van der Waals surface area contributed by atoms with E-state index in [1.54, 1.807) is 30.3 Å². The molecule has 5 nitrogen and oxygen atoms in total. The minimum Gasteiger partial charge on any atom is -0.494 e. The predicted octanol–water partition coefficient (Wildman–Crippen LogP) is 3.29. The summed E-state index contributed by atoms with van der Waals surface area (Å²) in [6, 6.07) is 12.4. The van der Waals surface area contributed by atoms with Crippen molar-refractivity contribution in [3.63, 3.8) is 0 Å². The molecule has 23 heavy (non-hydrogen) atoms. The largest absolute Gasteiger partial charge is 0.494 e. The first-order chi connectivity index (χ1) is 11.1. The Morgan fingerprint density at radius 1 is 1.30 bits per heavy atom. The van der Waals surface area contributed by atoms with Gasteiger partial charge in [0, 0.05) is 6.07 Å². The van der Waals surface area contributed by atoms with Crippen molar-refractivity contribution in [2.45, 2.75) is 13.0 Å². The summed E-state index contributed by atoms with van der Waals surface area (Å²) < 4.78 is 6.27. The molecule has 0 aliphatic rings. The van der Waals surface area contributed by atoms with E-state index in [2.05, 4.69) is 10.3 Å². The van der Waals surface area contributed by atoms with Crippen LogP contribution in [0.2, 0.25) is 0 Å². The van der Waals surface area contributed by atoms with Crippen molar-refractivity contribution in [3.05, 3.63) is 53.0 Å². The number of hydrogen-bond donors (Lipinski definition) is 2. The van der Waals surface area contributed by atoms with Crippen LogP contribution in [0.25, 0.3) is 10.2 Å². The molecule has 0 aliphatic heterocycles. The second kappa shape index (κ2) is 6.36. The average molecular weight is 328 g/mol. The molecule has 0 radical (unpaired) electrons. The number of aromatic nitrogens is 1. The number of thiazole rings is 1. The first-order valence-electron chi connectivity index (χ1n) is 7.07. The van der Waals surface area contributed by atoms with Gasteiger partial charge in [-0.25, -0.2) is 4.98 Å². The number of nitrogens with one attached hydrogen (secondary N) is 1. The van der Waals surface area contributed by atoms with Gasteiger partial charge in [-0.15, -0.1) is 11.3 Å². The van der Waals surface area contributed by atoms with Crippen LogP contribution < -0.4 is 10.1 Å². The lowest BCUT2D eigenvalue weighted by Crippen LogP contribution is -2.21. The van der Waals surface area contributed by atoms with Crippen molar-refractivity contribution in [1.29, 1.82) is 0 Å². The molecule has 2 aromatic carbocycles. The van der Waals surface area contributed by atoms with Crippen LogP contribution in [-0.2, 0) is 4.79 Å². The lowest BCUT2D eigenvalue weighted by molar-refractivity contribution is -0.124. The van der Waals surface area contributed by atoms with Crippen molar-refractivity contribution < 1.29 is 14.6 Å². The minimum absolute atomic E-state index is 0.505. The third kappa shape index (κ3) is 3.18. The number of hydrogen-bond acceptors (Lipinski definition) is 5. The van der Waals surface area contributed by atoms with Gasteiger partial charge in [-0.05, 0) is 18.6 Å². The molecule has 0 unspecified atom stereocenters. The van der Waals surface area contributed by atoms with Gasteiger partial charge in [0.25, 0.3) is 5.91 Å². The molecule has 1 amide bonds. The zero-order chi connectivity index (χ0) is 16.4. The van der Waals surface area contributed by atoms with Gasteiger partial charge >= 0.3 is 0 Å². The fourth-order valence-corrected chi connectivity index (χ4v) is 3.17. The number of carbonyl (C=O) groups is 1. The predicted molar refractivity (Wildman–Crippen MR) is 90.9 cm³/mol. The first kappa shape index (κ1) is 15.5. The van der Waals surface area contributed by atoms with Crippen molar-refractivity contribution in [3.8, 4) is 5.75 Å². The molecular weight excluding hydrogens is 312 g/mol. The summed E-state index contributed by atoms with van der Waals surface area (Å²) >= 11 is 1.54. The zero-order valence-electron chi connectivity index (χ0n) is 12.7. The van der Waals surface area contributed by atoms with E-state index in [-0.39, 0.29) is 0 Å². The second-order valence-corrected chi connectivity index (χ2v) is 6.29. The highest BCUT2D eigenvalue weighted by Crippen LogP contribution is 2.33. The molecule has 0 spiro atoms. The van der Waals surface area contributed by atoms with E-state index in [4.69, 9.17) is 4.74 Å². The smallest absolute Gasteiger partial charge is 0.257 e. The van der Waals surface area contributed by atoms with Gasteiger partial charge in [0.1, 0.15) is 5.75 Å². The Hall–Kier alpha value is -2.44. The number of fused-ring (bicyclic) bond motifs is 1. The van der Waals surface area contributed by atoms with Gasteiger partial charge in [-0.3, -0.25) is 4.79 Å². The SMILES string of the molecule is COc1cc2nc(C)sc2cc1NC(=O)[C@H](O)c1ccccc1. The quantitative estimate of drug-likeness (QED) is 0.771. The standard InChI is InChI=1S/C17H16N2O3S/c1-10-18-13-8-14(22-2)12(9-15(13)23-10)19-17(21)16(20)11-6-4-3-5-7-11/h3-9,16,20H,1-2H3,(H,19,21)/t16-/m1/s1. The summed E-state index contributed by atoms with van der Waals surface area (Å²) in [4.78, 5) is 16.7. The Morgan fingerprint density at radius 2 is 2.04 bits per heavy atom. The van der Waals surface area contributed by atoms with Gasteiger partial charge in [0.2, 0.25) is 0 Å². The fraction of sp³-hybridized carbons (Fsp3) is 0.176. The van der Waals surface area contributed by atoms with Crippen LogP contribution in [0.1, 0.15) is 16.7 Å². The summed E-state index contributed by atoms with van der Waals surface area (Å²) in [5.41, 5.74) is 1.88. The maximum Gasteiger partial charge on any atom is 0.257 e. The number of aliphatic hydroxyl groups is 1. The molecule has 6 heteroatoms. The van der Waals surface area contributed by atoms with Crippen molar-refractivity contribution in [2.75, 3.05) is 12.4 Å². The lowest BCUT2D eigenvalue weighted by atomic mass is 10.1. The Balaban J connectivity index is 1.89. The summed E-state index contributed by atoms with van der Waals surface area (Å²) in [6.45, 7) is 1.93. The van der Waals surface area contributed by atoms with E-state index in [0.717, 1.165) is 15.2 Å². The van der Waals surface area contributed by atoms with Crippen molar-refractivity contribution in [2.24, 2.45) is 0 Å². The van der Waals surface area contributed by atoms with Crippen molar-refractivity contribution in [1.82, 2.24) is 4.98 Å². The lowest BCUT2D eigenvalue weighted by Gasteiger charge is -2.14. The van der Waals surface area contributed by atoms with Crippen LogP contribution in [0.4, 0.5) is 5.69 Å². The molecule has 2 N–H and O–H groups in total. The molecule has 3 aromatic rings. The van der Waals surface area contributed by atoms with E-state index >= 15 is 0 Å². The molecule has 0 saturated heterocycles. The Kier molecular flexibility index (Phi) is 4.27. The van der Waals surface area contributed by atoms with Gasteiger partial charge in [0.15, 0.2) is 6.10 Å². The topological polar surface area (TPSA) is 71.5 Å². The maximum absolute atomic E-state index is 12.3. The highest BCUT2D eigenvalue weighted by atomic mass is 32.1. The third-order valence-corrected chi connectivity index (χ3v) is 4.37. The number of methoxy groups -OCH3 is 1. The number of anilines is 1. The zero-order valence-corrected chi connectivity index (χ0v) is 13.6. The molecule has 0 fully saturated rings. The van der Waals surface area contributed by atoms with E-state index in [1.807, 2.05) is 19.1 Å².